The third-order valence-electron chi connectivity index (χ3n) is 3.73. The number of imide groups is 1. The summed E-state index contributed by atoms with van der Waals surface area (Å²) >= 11 is 3.36. The summed E-state index contributed by atoms with van der Waals surface area (Å²) in [6.45, 7) is 0.298. The van der Waals surface area contributed by atoms with Crippen LogP contribution in [0.15, 0.2) is 16.6 Å². The SMILES string of the molecule is N#Cc1cc(Br)c2c(c1)C(=O)N(C1CCC(=O)NC1=O)C2. The van der Waals surface area contributed by atoms with Crippen LogP contribution >= 0.6 is 15.9 Å². The molecular weight excluding hydrogens is 338 g/mol. The molecule has 2 aliphatic heterocycles. The first kappa shape index (κ1) is 13.8. The van der Waals surface area contributed by atoms with E-state index >= 15 is 0 Å². The minimum Gasteiger partial charge on any atom is -0.322 e. The lowest BCUT2D eigenvalue weighted by molar-refractivity contribution is -0.136. The molecule has 0 saturated carbocycles. The molecule has 1 unspecified atom stereocenters. The summed E-state index contributed by atoms with van der Waals surface area (Å²) in [7, 11) is 0. The molecule has 0 aliphatic carbocycles. The third kappa shape index (κ3) is 2.21. The first-order valence-electron chi connectivity index (χ1n) is 6.38. The Morgan fingerprint density at radius 3 is 2.76 bits per heavy atom. The first-order valence-corrected chi connectivity index (χ1v) is 7.17. The lowest BCUT2D eigenvalue weighted by Crippen LogP contribution is -2.52. The number of amides is 3. The normalized spacial score (nSPS) is 21.0. The largest absolute Gasteiger partial charge is 0.322 e. The van der Waals surface area contributed by atoms with Crippen molar-refractivity contribution >= 4 is 33.7 Å². The standard InChI is InChI=1S/C14H10BrN3O3/c15-10-4-7(5-16)3-8-9(10)6-18(14(8)21)11-1-2-12(19)17-13(11)20/h3-4,11H,1-2,6H2,(H,17,19,20). The second-order valence-electron chi connectivity index (χ2n) is 5.00. The van der Waals surface area contributed by atoms with Gasteiger partial charge >= 0.3 is 0 Å². The molecule has 1 fully saturated rings. The molecule has 1 saturated heterocycles. The monoisotopic (exact) mass is 347 g/mol. The number of nitriles is 1. The van der Waals surface area contributed by atoms with Crippen LogP contribution in [0.5, 0.6) is 0 Å². The van der Waals surface area contributed by atoms with Crippen molar-refractivity contribution < 1.29 is 14.4 Å². The molecule has 0 spiro atoms. The van der Waals surface area contributed by atoms with Crippen molar-refractivity contribution in [3.8, 4) is 6.07 Å². The van der Waals surface area contributed by atoms with Gasteiger partial charge in [0.05, 0.1) is 11.6 Å². The Balaban J connectivity index is 1.94. The summed E-state index contributed by atoms with van der Waals surface area (Å²) in [5, 5.41) is 11.2. The predicted octanol–water partition coefficient (Wildman–Crippen LogP) is 1.08. The summed E-state index contributed by atoms with van der Waals surface area (Å²) in [5.41, 5.74) is 1.59. The highest BCUT2D eigenvalue weighted by Crippen LogP contribution is 2.33. The van der Waals surface area contributed by atoms with E-state index in [4.69, 9.17) is 5.26 Å². The number of fused-ring (bicyclic) bond motifs is 1. The van der Waals surface area contributed by atoms with Crippen LogP contribution in [0.4, 0.5) is 0 Å². The van der Waals surface area contributed by atoms with Gasteiger partial charge in [-0.15, -0.1) is 0 Å². The summed E-state index contributed by atoms with van der Waals surface area (Å²) < 4.78 is 0.680. The van der Waals surface area contributed by atoms with Crippen LogP contribution in [0.1, 0.15) is 34.3 Å². The zero-order valence-corrected chi connectivity index (χ0v) is 12.4. The molecule has 2 heterocycles. The maximum Gasteiger partial charge on any atom is 0.255 e. The van der Waals surface area contributed by atoms with E-state index < -0.39 is 11.9 Å². The van der Waals surface area contributed by atoms with Gasteiger partial charge in [0, 0.05) is 23.0 Å². The number of nitrogens with zero attached hydrogens (tertiary/aromatic N) is 2. The zero-order valence-electron chi connectivity index (χ0n) is 10.9. The van der Waals surface area contributed by atoms with Gasteiger partial charge in [-0.2, -0.15) is 5.26 Å². The summed E-state index contributed by atoms with van der Waals surface area (Å²) in [5.74, 6) is -1.03. The topological polar surface area (TPSA) is 90.3 Å². The van der Waals surface area contributed by atoms with Crippen molar-refractivity contribution in [1.29, 1.82) is 5.26 Å². The summed E-state index contributed by atoms with van der Waals surface area (Å²) in [4.78, 5) is 37.0. The van der Waals surface area contributed by atoms with E-state index in [1.807, 2.05) is 6.07 Å². The molecule has 2 aliphatic rings. The number of halogens is 1. The summed E-state index contributed by atoms with van der Waals surface area (Å²) in [6, 6.07) is 4.55. The van der Waals surface area contributed by atoms with Crippen molar-refractivity contribution in [3.63, 3.8) is 0 Å². The van der Waals surface area contributed by atoms with Gasteiger partial charge in [-0.1, -0.05) is 15.9 Å². The van der Waals surface area contributed by atoms with Crippen LogP contribution < -0.4 is 5.32 Å². The highest BCUT2D eigenvalue weighted by atomic mass is 79.9. The van der Waals surface area contributed by atoms with Crippen LogP contribution in [-0.4, -0.2) is 28.7 Å². The average molecular weight is 348 g/mol. The Morgan fingerprint density at radius 1 is 1.33 bits per heavy atom. The maximum absolute atomic E-state index is 12.5. The number of hydrogen-bond acceptors (Lipinski definition) is 4. The van der Waals surface area contributed by atoms with Crippen LogP contribution in [-0.2, 0) is 16.1 Å². The quantitative estimate of drug-likeness (QED) is 0.769. The number of nitrogens with one attached hydrogen (secondary N) is 1. The van der Waals surface area contributed by atoms with Gasteiger partial charge < -0.3 is 4.90 Å². The highest BCUT2D eigenvalue weighted by Gasteiger charge is 2.39. The molecule has 0 aromatic heterocycles. The molecule has 7 heteroatoms. The number of hydrogen-bond donors (Lipinski definition) is 1. The number of carbonyl (C=O) groups is 3. The van der Waals surface area contributed by atoms with Gasteiger partial charge in [0.2, 0.25) is 11.8 Å². The Bertz CT molecular complexity index is 723. The number of piperidine rings is 1. The Hall–Kier alpha value is -2.20. The Kier molecular flexibility index (Phi) is 3.26. The third-order valence-corrected chi connectivity index (χ3v) is 4.44. The van der Waals surface area contributed by atoms with E-state index in [9.17, 15) is 14.4 Å². The number of rotatable bonds is 1. The van der Waals surface area contributed by atoms with Crippen molar-refractivity contribution in [3.05, 3.63) is 33.3 Å². The van der Waals surface area contributed by atoms with E-state index in [0.29, 0.717) is 28.6 Å². The lowest BCUT2D eigenvalue weighted by atomic mass is 10.0. The zero-order chi connectivity index (χ0) is 15.1. The lowest BCUT2D eigenvalue weighted by Gasteiger charge is -2.29. The highest BCUT2D eigenvalue weighted by molar-refractivity contribution is 9.10. The molecule has 1 aromatic rings. The average Bonchev–Trinajstić information content (AvgIpc) is 2.77. The fraction of sp³-hybridized carbons (Fsp3) is 0.286. The predicted molar refractivity (Wildman–Crippen MR) is 74.9 cm³/mol. The molecule has 3 rings (SSSR count). The Morgan fingerprint density at radius 2 is 2.10 bits per heavy atom. The number of benzene rings is 1. The fourth-order valence-corrected chi connectivity index (χ4v) is 3.27. The molecule has 1 aromatic carbocycles. The van der Waals surface area contributed by atoms with Crippen molar-refractivity contribution in [2.75, 3.05) is 0 Å². The van der Waals surface area contributed by atoms with E-state index in [-0.39, 0.29) is 18.2 Å². The molecule has 0 radical (unpaired) electrons. The van der Waals surface area contributed by atoms with Crippen LogP contribution in [0.25, 0.3) is 0 Å². The molecule has 3 amide bonds. The van der Waals surface area contributed by atoms with Gasteiger partial charge in [0.15, 0.2) is 0 Å². The molecule has 0 bridgehead atoms. The Labute approximate surface area is 128 Å². The van der Waals surface area contributed by atoms with Gasteiger partial charge in [0.25, 0.3) is 5.91 Å². The molecule has 1 N–H and O–H groups in total. The molecule has 1 atom stereocenters. The van der Waals surface area contributed by atoms with Crippen molar-refractivity contribution in [2.45, 2.75) is 25.4 Å². The second-order valence-corrected chi connectivity index (χ2v) is 5.85. The summed E-state index contributed by atoms with van der Waals surface area (Å²) in [6.07, 6.45) is 0.550. The van der Waals surface area contributed by atoms with E-state index in [1.54, 1.807) is 6.07 Å². The molecule has 21 heavy (non-hydrogen) atoms. The van der Waals surface area contributed by atoms with Crippen molar-refractivity contribution in [2.24, 2.45) is 0 Å². The molecule has 6 nitrogen and oxygen atoms in total. The van der Waals surface area contributed by atoms with E-state index in [0.717, 1.165) is 5.56 Å². The van der Waals surface area contributed by atoms with Crippen LogP contribution in [0.3, 0.4) is 0 Å². The van der Waals surface area contributed by atoms with Crippen molar-refractivity contribution in [1.82, 2.24) is 10.2 Å². The fourth-order valence-electron chi connectivity index (χ4n) is 2.68. The van der Waals surface area contributed by atoms with Gasteiger partial charge in [-0.05, 0) is 24.1 Å². The minimum atomic E-state index is -0.639. The minimum absolute atomic E-state index is 0.223. The first-order chi connectivity index (χ1) is 10.0. The molecular formula is C14H10BrN3O3. The van der Waals surface area contributed by atoms with E-state index in [2.05, 4.69) is 21.2 Å². The smallest absolute Gasteiger partial charge is 0.255 e. The maximum atomic E-state index is 12.5. The van der Waals surface area contributed by atoms with Gasteiger partial charge in [-0.3, -0.25) is 19.7 Å². The van der Waals surface area contributed by atoms with E-state index in [1.165, 1.54) is 11.0 Å². The second kappa shape index (κ2) is 4.97. The van der Waals surface area contributed by atoms with Crippen LogP contribution in [0, 0.1) is 11.3 Å². The van der Waals surface area contributed by atoms with Gasteiger partial charge in [-0.25, -0.2) is 0 Å². The molecule has 106 valence electrons. The van der Waals surface area contributed by atoms with Gasteiger partial charge in [0.1, 0.15) is 6.04 Å². The van der Waals surface area contributed by atoms with Crippen LogP contribution in [0.2, 0.25) is 0 Å². The number of carbonyl (C=O) groups excluding carboxylic acids is 3.